The van der Waals surface area contributed by atoms with Crippen LogP contribution in [0.25, 0.3) is 0 Å². The van der Waals surface area contributed by atoms with E-state index in [4.69, 9.17) is 4.99 Å². The minimum absolute atomic E-state index is 0.159. The van der Waals surface area contributed by atoms with Crippen molar-refractivity contribution in [1.29, 1.82) is 0 Å². The molecule has 2 nitrogen and oxygen atoms in total. The first-order valence-corrected chi connectivity index (χ1v) is 12.6. The van der Waals surface area contributed by atoms with Gasteiger partial charge in [-0.1, -0.05) is 93.5 Å². The highest BCUT2D eigenvalue weighted by Gasteiger charge is 2.25. The molecule has 0 aromatic heterocycles. The van der Waals surface area contributed by atoms with E-state index in [0.717, 1.165) is 5.69 Å². The van der Waals surface area contributed by atoms with E-state index in [-0.39, 0.29) is 10.8 Å². The number of benzene rings is 2. The van der Waals surface area contributed by atoms with E-state index in [1.165, 1.54) is 16.8 Å². The van der Waals surface area contributed by atoms with Gasteiger partial charge in [0.1, 0.15) is 0 Å². The molecule has 0 saturated carbocycles. The molecule has 0 aliphatic heterocycles. The first-order valence-electron chi connectivity index (χ1n) is 11.1. The van der Waals surface area contributed by atoms with Crippen molar-refractivity contribution in [3.05, 3.63) is 59.7 Å². The average molecular weight is 425 g/mol. The van der Waals surface area contributed by atoms with Crippen LogP contribution in [0.1, 0.15) is 80.4 Å². The van der Waals surface area contributed by atoms with Crippen molar-refractivity contribution in [2.45, 2.75) is 91.4 Å². The van der Waals surface area contributed by atoms with Gasteiger partial charge in [-0.15, -0.1) is 0 Å². The van der Waals surface area contributed by atoms with Gasteiger partial charge in [0.05, 0.1) is 12.0 Å². The maximum Gasteiger partial charge on any atom is 0.0990 e. The predicted molar refractivity (Wildman–Crippen MR) is 138 cm³/mol. The van der Waals surface area contributed by atoms with Gasteiger partial charge >= 0.3 is 0 Å². The van der Waals surface area contributed by atoms with Gasteiger partial charge in [-0.25, -0.2) is 4.99 Å². The molecule has 0 atom stereocenters. The quantitative estimate of drug-likeness (QED) is 0.257. The third-order valence-electron chi connectivity index (χ3n) is 5.35. The highest BCUT2D eigenvalue weighted by Crippen LogP contribution is 2.51. The van der Waals surface area contributed by atoms with E-state index in [1.54, 1.807) is 0 Å². The summed E-state index contributed by atoms with van der Waals surface area (Å²) in [4.78, 5) is 4.88. The van der Waals surface area contributed by atoms with Crippen LogP contribution < -0.4 is 4.67 Å². The van der Waals surface area contributed by atoms with E-state index >= 15 is 0 Å². The van der Waals surface area contributed by atoms with Gasteiger partial charge < -0.3 is 4.67 Å². The molecule has 0 N–H and O–H groups in total. The smallest absolute Gasteiger partial charge is 0.0990 e. The molecule has 0 aliphatic carbocycles. The Morgan fingerprint density at radius 3 is 1.47 bits per heavy atom. The zero-order valence-corrected chi connectivity index (χ0v) is 21.6. The fourth-order valence-corrected chi connectivity index (χ4v) is 6.40. The fraction of sp³-hybridized carbons (Fsp3) is 0.519. The van der Waals surface area contributed by atoms with Crippen LogP contribution in [-0.4, -0.2) is 17.7 Å². The Hall–Kier alpha value is -1.66. The molecule has 0 aliphatic rings. The summed E-state index contributed by atoms with van der Waals surface area (Å²) in [6.07, 6.45) is 2.06. The van der Waals surface area contributed by atoms with Crippen molar-refractivity contribution in [1.82, 2.24) is 0 Å². The van der Waals surface area contributed by atoms with Gasteiger partial charge in [0, 0.05) is 13.8 Å². The van der Waals surface area contributed by atoms with E-state index in [9.17, 15) is 0 Å². The molecule has 2 aromatic rings. The molecule has 2 rings (SSSR count). The molecule has 0 heterocycles. The summed E-state index contributed by atoms with van der Waals surface area (Å²) in [6.45, 7) is 22.8. The molecule has 0 fully saturated rings. The summed E-state index contributed by atoms with van der Waals surface area (Å²) in [5.74, 6) is 0. The number of aliphatic imine (C=N–C) groups is 1. The molecule has 0 bridgehead atoms. The van der Waals surface area contributed by atoms with Gasteiger partial charge in [-0.2, -0.15) is 0 Å². The lowest BCUT2D eigenvalue weighted by Crippen LogP contribution is -2.24. The Morgan fingerprint density at radius 2 is 1.10 bits per heavy atom. The minimum atomic E-state index is -0.393. The number of hydrogen-bond donors (Lipinski definition) is 0. The lowest BCUT2D eigenvalue weighted by atomic mass is 9.87. The number of rotatable bonds is 6. The fourth-order valence-electron chi connectivity index (χ4n) is 3.64. The van der Waals surface area contributed by atoms with Crippen molar-refractivity contribution < 1.29 is 0 Å². The zero-order valence-electron chi connectivity index (χ0n) is 20.7. The number of nitrogens with zero attached hydrogens (tertiary/aromatic N) is 2. The molecule has 0 saturated heterocycles. The van der Waals surface area contributed by atoms with E-state index in [2.05, 4.69) is 129 Å². The van der Waals surface area contributed by atoms with E-state index < -0.39 is 8.07 Å². The van der Waals surface area contributed by atoms with E-state index in [0.29, 0.717) is 11.3 Å². The molecule has 164 valence electrons. The van der Waals surface area contributed by atoms with Crippen molar-refractivity contribution in [3.63, 3.8) is 0 Å². The van der Waals surface area contributed by atoms with Crippen molar-refractivity contribution in [2.75, 3.05) is 4.67 Å². The number of hydrogen-bond acceptors (Lipinski definition) is 1. The van der Waals surface area contributed by atoms with Crippen LogP contribution >= 0.6 is 8.07 Å². The third kappa shape index (κ3) is 6.42. The van der Waals surface area contributed by atoms with Crippen LogP contribution in [0, 0.1) is 0 Å². The molecule has 30 heavy (non-hydrogen) atoms. The first-order chi connectivity index (χ1) is 13.8. The highest BCUT2D eigenvalue weighted by atomic mass is 31.1. The summed E-state index contributed by atoms with van der Waals surface area (Å²) in [6, 6.07) is 17.7. The van der Waals surface area contributed by atoms with Crippen molar-refractivity contribution in [2.24, 2.45) is 4.99 Å². The Kier molecular flexibility index (Phi) is 7.91. The Labute approximate surface area is 186 Å². The molecular weight excluding hydrogens is 383 g/mol. The summed E-state index contributed by atoms with van der Waals surface area (Å²) < 4.78 is 2.43. The monoisotopic (exact) mass is 424 g/mol. The minimum Gasteiger partial charge on any atom is -0.310 e. The highest BCUT2D eigenvalue weighted by molar-refractivity contribution is 7.61. The van der Waals surface area contributed by atoms with Gasteiger partial charge in [0.25, 0.3) is 0 Å². The predicted octanol–water partition coefficient (Wildman–Crippen LogP) is 8.66. The zero-order chi connectivity index (χ0) is 22.7. The molecule has 0 spiro atoms. The standard InChI is InChI=1S/C27H41N2P/c1-20(2)30(21(3)4)29(25-17-13-23(14-18-25)27(8,9)10)19-28-24-15-11-22(12-16-24)26(5,6)7/h11-21H,1-10H3/b28-19+. The van der Waals surface area contributed by atoms with Crippen LogP contribution in [0.4, 0.5) is 11.4 Å². The molecular formula is C27H41N2P. The van der Waals surface area contributed by atoms with Crippen LogP contribution in [0.5, 0.6) is 0 Å². The normalized spacial score (nSPS) is 13.1. The van der Waals surface area contributed by atoms with Crippen molar-refractivity contribution >= 4 is 25.8 Å². The summed E-state index contributed by atoms with van der Waals surface area (Å²) in [5, 5.41) is 0. The molecule has 2 aromatic carbocycles. The van der Waals surface area contributed by atoms with Crippen LogP contribution in [-0.2, 0) is 10.8 Å². The second-order valence-electron chi connectivity index (χ2n) is 10.8. The Bertz CT molecular complexity index is 811. The largest absolute Gasteiger partial charge is 0.310 e. The molecule has 0 unspecified atom stereocenters. The van der Waals surface area contributed by atoms with Gasteiger partial charge in [-0.05, 0) is 57.5 Å². The SMILES string of the molecule is CC(C)P(C(C)C)N(/C=N/c1ccc(C(C)(C)C)cc1)c1ccc(C(C)(C)C)cc1. The molecule has 0 amide bonds. The van der Waals surface area contributed by atoms with Gasteiger partial charge in [0.15, 0.2) is 0 Å². The second-order valence-corrected chi connectivity index (χ2v) is 14.0. The Balaban J connectivity index is 2.40. The lowest BCUT2D eigenvalue weighted by Gasteiger charge is -2.36. The topological polar surface area (TPSA) is 15.6 Å². The lowest BCUT2D eigenvalue weighted by molar-refractivity contribution is 0.590. The van der Waals surface area contributed by atoms with Gasteiger partial charge in [-0.3, -0.25) is 0 Å². The Morgan fingerprint density at radius 1 is 0.700 bits per heavy atom. The molecule has 0 radical (unpaired) electrons. The molecule has 3 heteroatoms. The maximum atomic E-state index is 4.88. The maximum absolute atomic E-state index is 4.88. The number of anilines is 1. The summed E-state index contributed by atoms with van der Waals surface area (Å²) in [5.41, 5.74) is 6.41. The van der Waals surface area contributed by atoms with Crippen LogP contribution in [0.2, 0.25) is 0 Å². The first kappa shape index (κ1) is 24.6. The second kappa shape index (κ2) is 9.65. The summed E-state index contributed by atoms with van der Waals surface area (Å²) >= 11 is 0. The van der Waals surface area contributed by atoms with Gasteiger partial charge in [0.2, 0.25) is 0 Å². The van der Waals surface area contributed by atoms with Crippen molar-refractivity contribution in [3.8, 4) is 0 Å². The van der Waals surface area contributed by atoms with Crippen LogP contribution in [0.15, 0.2) is 53.5 Å². The summed E-state index contributed by atoms with van der Waals surface area (Å²) in [7, 11) is -0.393. The van der Waals surface area contributed by atoms with E-state index in [1.807, 2.05) is 0 Å². The third-order valence-corrected chi connectivity index (χ3v) is 8.30. The van der Waals surface area contributed by atoms with Crippen LogP contribution in [0.3, 0.4) is 0 Å². The average Bonchev–Trinajstić information content (AvgIpc) is 2.63.